The van der Waals surface area contributed by atoms with E-state index < -0.39 is 0 Å². The maximum Gasteiger partial charge on any atom is 0.164 e. The fourth-order valence-corrected chi connectivity index (χ4v) is 2.03. The molecule has 0 N–H and O–H groups in total. The first-order chi connectivity index (χ1) is 8.99. The summed E-state index contributed by atoms with van der Waals surface area (Å²) < 4.78 is 11.0. The first-order valence-corrected chi connectivity index (χ1v) is 6.99. The number of hydrogen-bond acceptors (Lipinski definition) is 3. The highest BCUT2D eigenvalue weighted by atomic mass is 35.5. The number of hydrogen-bond donors (Lipinski definition) is 0. The Hall–Kier alpha value is -1.22. The van der Waals surface area contributed by atoms with Gasteiger partial charge in [-0.3, -0.25) is 4.79 Å². The summed E-state index contributed by atoms with van der Waals surface area (Å²) in [5.74, 6) is 1.48. The molecule has 0 atom stereocenters. The molecule has 0 aliphatic heterocycles. The van der Waals surface area contributed by atoms with Crippen LogP contribution in [0.1, 0.15) is 44.5 Å². The summed E-state index contributed by atoms with van der Waals surface area (Å²) >= 11 is 6.16. The number of carbonyl (C=O) groups is 1. The average Bonchev–Trinajstić information content (AvgIpc) is 2.31. The van der Waals surface area contributed by atoms with Crippen molar-refractivity contribution in [2.75, 3.05) is 13.2 Å². The molecule has 1 rings (SSSR count). The monoisotopic (exact) mass is 284 g/mol. The van der Waals surface area contributed by atoms with Gasteiger partial charge in [-0.15, -0.1) is 0 Å². The number of benzene rings is 1. The van der Waals surface area contributed by atoms with E-state index in [2.05, 4.69) is 0 Å². The van der Waals surface area contributed by atoms with Crippen molar-refractivity contribution >= 4 is 17.4 Å². The van der Waals surface area contributed by atoms with Crippen molar-refractivity contribution in [1.29, 1.82) is 0 Å². The Morgan fingerprint density at radius 1 is 1.16 bits per heavy atom. The minimum Gasteiger partial charge on any atom is -0.490 e. The van der Waals surface area contributed by atoms with E-state index in [1.54, 1.807) is 12.1 Å². The van der Waals surface area contributed by atoms with Gasteiger partial charge in [0.1, 0.15) is 0 Å². The van der Waals surface area contributed by atoms with Crippen LogP contribution in [0, 0.1) is 5.92 Å². The summed E-state index contributed by atoms with van der Waals surface area (Å²) in [5, 5.41) is 0.414. The first kappa shape index (κ1) is 15.8. The van der Waals surface area contributed by atoms with Crippen LogP contribution in [0.3, 0.4) is 0 Å². The van der Waals surface area contributed by atoms with Gasteiger partial charge in [-0.2, -0.15) is 0 Å². The lowest BCUT2D eigenvalue weighted by Gasteiger charge is -2.14. The molecule has 19 heavy (non-hydrogen) atoms. The number of ketones is 1. The van der Waals surface area contributed by atoms with Gasteiger partial charge >= 0.3 is 0 Å². The smallest absolute Gasteiger partial charge is 0.164 e. The molecule has 0 saturated heterocycles. The standard InChI is InChI=1S/C15H21ClO3/c1-5-18-14-8-11(13(17)7-10(3)4)12(16)9-15(14)19-6-2/h8-10H,5-7H2,1-4H3. The summed E-state index contributed by atoms with van der Waals surface area (Å²) in [6.07, 6.45) is 0.471. The van der Waals surface area contributed by atoms with Crippen LogP contribution in [0.15, 0.2) is 12.1 Å². The summed E-state index contributed by atoms with van der Waals surface area (Å²) in [6, 6.07) is 3.34. The third kappa shape index (κ3) is 4.43. The van der Waals surface area contributed by atoms with Crippen molar-refractivity contribution in [2.24, 2.45) is 5.92 Å². The van der Waals surface area contributed by atoms with E-state index in [0.717, 1.165) is 0 Å². The zero-order chi connectivity index (χ0) is 14.4. The largest absolute Gasteiger partial charge is 0.490 e. The van der Waals surface area contributed by atoms with Crippen molar-refractivity contribution < 1.29 is 14.3 Å². The van der Waals surface area contributed by atoms with Crippen molar-refractivity contribution in [2.45, 2.75) is 34.1 Å². The van der Waals surface area contributed by atoms with Crippen LogP contribution in [-0.4, -0.2) is 19.0 Å². The molecule has 0 bridgehead atoms. The second kappa shape index (κ2) is 7.39. The van der Waals surface area contributed by atoms with E-state index in [1.165, 1.54) is 0 Å². The lowest BCUT2D eigenvalue weighted by Crippen LogP contribution is -2.06. The summed E-state index contributed by atoms with van der Waals surface area (Å²) in [6.45, 7) is 8.82. The maximum atomic E-state index is 12.1. The number of Topliss-reactive ketones (excluding diaryl/α,β-unsaturated/α-hetero) is 1. The topological polar surface area (TPSA) is 35.5 Å². The van der Waals surface area contributed by atoms with Gasteiger partial charge in [0.15, 0.2) is 17.3 Å². The fraction of sp³-hybridized carbons (Fsp3) is 0.533. The predicted molar refractivity (Wildman–Crippen MR) is 77.6 cm³/mol. The van der Waals surface area contributed by atoms with Crippen molar-refractivity contribution in [3.05, 3.63) is 22.7 Å². The molecule has 0 heterocycles. The van der Waals surface area contributed by atoms with Crippen LogP contribution in [0.4, 0.5) is 0 Å². The quantitative estimate of drug-likeness (QED) is 0.698. The van der Waals surface area contributed by atoms with Gasteiger partial charge < -0.3 is 9.47 Å². The highest BCUT2D eigenvalue weighted by Gasteiger charge is 2.17. The highest BCUT2D eigenvalue weighted by molar-refractivity contribution is 6.34. The van der Waals surface area contributed by atoms with Crippen LogP contribution >= 0.6 is 11.6 Å². The molecule has 0 fully saturated rings. The zero-order valence-electron chi connectivity index (χ0n) is 12.0. The van der Waals surface area contributed by atoms with E-state index in [9.17, 15) is 4.79 Å². The second-order valence-corrected chi connectivity index (χ2v) is 5.07. The minimum absolute atomic E-state index is 0.0315. The maximum absolute atomic E-state index is 12.1. The van der Waals surface area contributed by atoms with E-state index >= 15 is 0 Å². The Labute approximate surface area is 119 Å². The Morgan fingerprint density at radius 3 is 2.16 bits per heavy atom. The molecule has 0 unspecified atom stereocenters. The number of carbonyl (C=O) groups excluding carboxylic acids is 1. The molecule has 0 aromatic heterocycles. The zero-order valence-corrected chi connectivity index (χ0v) is 12.7. The van der Waals surface area contributed by atoms with E-state index in [0.29, 0.717) is 47.6 Å². The number of rotatable bonds is 7. The second-order valence-electron chi connectivity index (χ2n) is 4.67. The minimum atomic E-state index is 0.0315. The molecule has 0 amide bonds. The molecule has 0 saturated carbocycles. The SMILES string of the molecule is CCOc1cc(Cl)c(C(=O)CC(C)C)cc1OCC. The molecule has 0 spiro atoms. The van der Waals surface area contributed by atoms with Gasteiger partial charge in [0.05, 0.1) is 18.2 Å². The summed E-state index contributed by atoms with van der Waals surface area (Å²) in [7, 11) is 0. The molecule has 3 nitrogen and oxygen atoms in total. The van der Waals surface area contributed by atoms with Gasteiger partial charge in [-0.25, -0.2) is 0 Å². The third-order valence-electron chi connectivity index (χ3n) is 2.53. The molecule has 106 valence electrons. The number of ether oxygens (including phenoxy) is 2. The van der Waals surface area contributed by atoms with Crippen LogP contribution in [0.5, 0.6) is 11.5 Å². The number of halogens is 1. The summed E-state index contributed by atoms with van der Waals surface area (Å²) in [5.41, 5.74) is 0.502. The fourth-order valence-electron chi connectivity index (χ4n) is 1.77. The molecule has 1 aromatic rings. The molecule has 0 aliphatic carbocycles. The van der Waals surface area contributed by atoms with Gasteiger partial charge in [-0.05, 0) is 25.8 Å². The van der Waals surface area contributed by atoms with Gasteiger partial charge in [-0.1, -0.05) is 25.4 Å². The third-order valence-corrected chi connectivity index (χ3v) is 2.84. The first-order valence-electron chi connectivity index (χ1n) is 6.61. The molecular weight excluding hydrogens is 264 g/mol. The Morgan fingerprint density at radius 2 is 1.68 bits per heavy atom. The summed E-state index contributed by atoms with van der Waals surface area (Å²) in [4.78, 5) is 12.1. The van der Waals surface area contributed by atoms with Gasteiger partial charge in [0.25, 0.3) is 0 Å². The Bertz CT molecular complexity index is 441. The van der Waals surface area contributed by atoms with E-state index in [4.69, 9.17) is 21.1 Å². The van der Waals surface area contributed by atoms with Gasteiger partial charge in [0.2, 0.25) is 0 Å². The lowest BCUT2D eigenvalue weighted by atomic mass is 10.0. The van der Waals surface area contributed by atoms with Crippen molar-refractivity contribution in [3.8, 4) is 11.5 Å². The van der Waals surface area contributed by atoms with Crippen molar-refractivity contribution in [3.63, 3.8) is 0 Å². The van der Waals surface area contributed by atoms with E-state index in [-0.39, 0.29) is 5.78 Å². The molecular formula is C15H21ClO3. The molecule has 1 aromatic carbocycles. The normalized spacial score (nSPS) is 10.6. The average molecular weight is 285 g/mol. The van der Waals surface area contributed by atoms with Crippen LogP contribution in [-0.2, 0) is 0 Å². The highest BCUT2D eigenvalue weighted by Crippen LogP contribution is 2.34. The molecule has 4 heteroatoms. The van der Waals surface area contributed by atoms with E-state index in [1.807, 2.05) is 27.7 Å². The van der Waals surface area contributed by atoms with Gasteiger partial charge in [0, 0.05) is 18.1 Å². The molecule has 0 radical (unpaired) electrons. The van der Waals surface area contributed by atoms with Crippen LogP contribution in [0.2, 0.25) is 5.02 Å². The Balaban J connectivity index is 3.12. The van der Waals surface area contributed by atoms with Crippen LogP contribution < -0.4 is 9.47 Å². The molecule has 0 aliphatic rings. The van der Waals surface area contributed by atoms with Crippen LogP contribution in [0.25, 0.3) is 0 Å². The predicted octanol–water partition coefficient (Wildman–Crippen LogP) is 4.37. The lowest BCUT2D eigenvalue weighted by molar-refractivity contribution is 0.0967. The van der Waals surface area contributed by atoms with Crippen molar-refractivity contribution in [1.82, 2.24) is 0 Å². The Kier molecular flexibility index (Phi) is 6.16.